The van der Waals surface area contributed by atoms with E-state index in [0.29, 0.717) is 0 Å². The first kappa shape index (κ1) is 14.8. The van der Waals surface area contributed by atoms with Crippen LogP contribution in [0.3, 0.4) is 0 Å². The van der Waals surface area contributed by atoms with Crippen LogP contribution in [0.15, 0.2) is 6.33 Å². The number of nitrogens with one attached hydrogen (secondary N) is 1. The van der Waals surface area contributed by atoms with E-state index in [2.05, 4.69) is 15.3 Å². The first-order valence-corrected chi connectivity index (χ1v) is 6.18. The fourth-order valence-electron chi connectivity index (χ4n) is 2.21. The van der Waals surface area contributed by atoms with E-state index < -0.39 is 34.8 Å². The number of aliphatic hydroxyl groups excluding tert-OH is 2. The number of rotatable bonds is 4. The molecule has 8 nitrogen and oxygen atoms in total. The second kappa shape index (κ2) is 5.81. The summed E-state index contributed by atoms with van der Waals surface area (Å²) < 4.78 is 13.9. The van der Waals surface area contributed by atoms with Crippen molar-refractivity contribution >= 4 is 23.1 Å². The summed E-state index contributed by atoms with van der Waals surface area (Å²) in [7, 11) is 0. The highest BCUT2D eigenvalue weighted by Crippen LogP contribution is 2.34. The largest absolute Gasteiger partial charge is 0.396 e. The number of hydrogen-bond donors (Lipinski definition) is 3. The maximum atomic E-state index is 13.9. The molecule has 0 spiro atoms. The molecule has 20 heavy (non-hydrogen) atoms. The van der Waals surface area contributed by atoms with Crippen molar-refractivity contribution < 1.29 is 19.5 Å². The number of halogens is 2. The smallest absolute Gasteiger partial charge is 0.348 e. The summed E-state index contributed by atoms with van der Waals surface area (Å²) in [5, 5.41) is 31.7. The number of hydrogen-bond acceptors (Lipinski definition) is 7. The Morgan fingerprint density at radius 1 is 1.60 bits per heavy atom. The quantitative estimate of drug-likeness (QED) is 0.421. The van der Waals surface area contributed by atoms with Gasteiger partial charge in [-0.3, -0.25) is 10.1 Å². The summed E-state index contributed by atoms with van der Waals surface area (Å²) in [6, 6.07) is -0.896. The number of aliphatic hydroxyl groups is 2. The van der Waals surface area contributed by atoms with Gasteiger partial charge in [-0.05, 0) is 6.42 Å². The molecule has 1 aromatic heterocycles. The van der Waals surface area contributed by atoms with Crippen molar-refractivity contribution in [2.24, 2.45) is 5.92 Å². The normalized spacial score (nSPS) is 29.4. The number of nitro groups is 1. The summed E-state index contributed by atoms with van der Waals surface area (Å²) in [5.41, 5.74) is -0.552. The standard InChI is InChI=1S/C10H12ClFN4O4/c11-9-7(16(19)20)10(14-3-13-9)15-5-1-4(2-17)8(18)6(5)12/h3-6,8,17-18H,1-2H2,(H,13,14,15)/t4?,5-,6+,8-/m1/s1. The molecule has 0 amide bonds. The molecule has 4 atom stereocenters. The molecule has 1 aliphatic carbocycles. The maximum Gasteiger partial charge on any atom is 0.348 e. The average Bonchev–Trinajstić information content (AvgIpc) is 2.66. The van der Waals surface area contributed by atoms with Crippen molar-refractivity contribution in [1.82, 2.24) is 9.97 Å². The average molecular weight is 307 g/mol. The van der Waals surface area contributed by atoms with Crippen LogP contribution in [0, 0.1) is 16.0 Å². The van der Waals surface area contributed by atoms with Gasteiger partial charge >= 0.3 is 5.69 Å². The third kappa shape index (κ3) is 2.65. The van der Waals surface area contributed by atoms with Crippen LogP contribution in [0.2, 0.25) is 5.15 Å². The number of nitrogens with zero attached hydrogens (tertiary/aromatic N) is 3. The van der Waals surface area contributed by atoms with Gasteiger partial charge in [0.15, 0.2) is 0 Å². The third-order valence-electron chi connectivity index (χ3n) is 3.27. The summed E-state index contributed by atoms with van der Waals surface area (Å²) >= 11 is 5.61. The molecule has 1 fully saturated rings. The molecule has 1 unspecified atom stereocenters. The highest BCUT2D eigenvalue weighted by Gasteiger charge is 2.43. The van der Waals surface area contributed by atoms with Gasteiger partial charge in [0.1, 0.15) is 12.5 Å². The van der Waals surface area contributed by atoms with E-state index in [0.717, 1.165) is 6.33 Å². The van der Waals surface area contributed by atoms with Crippen molar-refractivity contribution in [3.63, 3.8) is 0 Å². The van der Waals surface area contributed by atoms with Crippen LogP contribution in [0.4, 0.5) is 15.9 Å². The number of alkyl halides is 1. The molecule has 3 N–H and O–H groups in total. The Morgan fingerprint density at radius 3 is 2.85 bits per heavy atom. The van der Waals surface area contributed by atoms with Gasteiger partial charge in [0.25, 0.3) is 0 Å². The topological polar surface area (TPSA) is 121 Å². The molecule has 1 aromatic rings. The predicted molar refractivity (Wildman–Crippen MR) is 67.2 cm³/mol. The fraction of sp³-hybridized carbons (Fsp3) is 0.600. The lowest BCUT2D eigenvalue weighted by Gasteiger charge is -2.16. The first-order valence-electron chi connectivity index (χ1n) is 5.80. The molecule has 0 radical (unpaired) electrons. The summed E-state index contributed by atoms with van der Waals surface area (Å²) in [6.45, 7) is -0.369. The Kier molecular flexibility index (Phi) is 4.31. The van der Waals surface area contributed by atoms with E-state index in [1.165, 1.54) is 0 Å². The summed E-state index contributed by atoms with van der Waals surface area (Å²) in [4.78, 5) is 17.3. The van der Waals surface area contributed by atoms with Crippen LogP contribution in [0.5, 0.6) is 0 Å². The fourth-order valence-corrected chi connectivity index (χ4v) is 2.42. The lowest BCUT2D eigenvalue weighted by Crippen LogP contribution is -2.32. The van der Waals surface area contributed by atoms with Gasteiger partial charge in [-0.2, -0.15) is 0 Å². The van der Waals surface area contributed by atoms with Crippen molar-refractivity contribution in [3.8, 4) is 0 Å². The van der Waals surface area contributed by atoms with E-state index in [9.17, 15) is 19.6 Å². The molecule has 110 valence electrons. The highest BCUT2D eigenvalue weighted by atomic mass is 35.5. The Hall–Kier alpha value is -1.58. The zero-order chi connectivity index (χ0) is 14.9. The molecule has 0 aliphatic heterocycles. The number of aromatic nitrogens is 2. The molecule has 10 heteroatoms. The molecule has 1 aliphatic rings. The molecule has 1 saturated carbocycles. The molecular formula is C10H12ClFN4O4. The van der Waals surface area contributed by atoms with E-state index in [1.54, 1.807) is 0 Å². The van der Waals surface area contributed by atoms with E-state index in [1.807, 2.05) is 0 Å². The van der Waals surface area contributed by atoms with Crippen molar-refractivity contribution in [2.75, 3.05) is 11.9 Å². The third-order valence-corrected chi connectivity index (χ3v) is 3.54. The molecule has 1 heterocycles. The Labute approximate surface area is 117 Å². The van der Waals surface area contributed by atoms with Crippen molar-refractivity contribution in [1.29, 1.82) is 0 Å². The van der Waals surface area contributed by atoms with Gasteiger partial charge in [-0.25, -0.2) is 14.4 Å². The Balaban J connectivity index is 2.23. The maximum absolute atomic E-state index is 13.9. The zero-order valence-electron chi connectivity index (χ0n) is 10.1. The minimum absolute atomic E-state index is 0.123. The zero-order valence-corrected chi connectivity index (χ0v) is 10.9. The van der Waals surface area contributed by atoms with Gasteiger partial charge in [0.05, 0.1) is 17.1 Å². The van der Waals surface area contributed by atoms with Gasteiger partial charge in [0, 0.05) is 12.5 Å². The van der Waals surface area contributed by atoms with Gasteiger partial charge < -0.3 is 15.5 Å². The first-order chi connectivity index (χ1) is 9.45. The monoisotopic (exact) mass is 306 g/mol. The SMILES string of the molecule is O=[N+]([O-])c1c(Cl)ncnc1N[C@@H]1CC(CO)[C@@H](O)[C@H]1F. The van der Waals surface area contributed by atoms with Crippen LogP contribution in [-0.4, -0.2) is 50.0 Å². The van der Waals surface area contributed by atoms with Crippen LogP contribution in [0.25, 0.3) is 0 Å². The summed E-state index contributed by atoms with van der Waals surface area (Å²) in [5.74, 6) is -0.840. The van der Waals surface area contributed by atoms with Crippen LogP contribution in [-0.2, 0) is 0 Å². The molecule has 0 saturated heterocycles. The predicted octanol–water partition coefficient (Wildman–Crippen LogP) is 0.530. The van der Waals surface area contributed by atoms with Crippen LogP contribution < -0.4 is 5.32 Å². The lowest BCUT2D eigenvalue weighted by molar-refractivity contribution is -0.384. The minimum Gasteiger partial charge on any atom is -0.396 e. The second-order valence-corrected chi connectivity index (χ2v) is 4.84. The minimum atomic E-state index is -1.67. The van der Waals surface area contributed by atoms with Crippen LogP contribution >= 0.6 is 11.6 Å². The Morgan fingerprint density at radius 2 is 2.30 bits per heavy atom. The molecular weight excluding hydrogens is 295 g/mol. The van der Waals surface area contributed by atoms with E-state index >= 15 is 0 Å². The van der Waals surface area contributed by atoms with Gasteiger partial charge in [-0.15, -0.1) is 0 Å². The van der Waals surface area contributed by atoms with Crippen molar-refractivity contribution in [3.05, 3.63) is 21.6 Å². The Bertz CT molecular complexity index is 520. The van der Waals surface area contributed by atoms with Gasteiger partial charge in [-0.1, -0.05) is 11.6 Å². The molecule has 2 rings (SSSR count). The number of anilines is 1. The van der Waals surface area contributed by atoms with Crippen molar-refractivity contribution in [2.45, 2.75) is 24.7 Å². The van der Waals surface area contributed by atoms with E-state index in [4.69, 9.17) is 16.7 Å². The van der Waals surface area contributed by atoms with Gasteiger partial charge in [0.2, 0.25) is 11.0 Å². The van der Waals surface area contributed by atoms with Crippen LogP contribution in [0.1, 0.15) is 6.42 Å². The molecule has 0 aromatic carbocycles. The highest BCUT2D eigenvalue weighted by molar-refractivity contribution is 6.31. The second-order valence-electron chi connectivity index (χ2n) is 4.48. The lowest BCUT2D eigenvalue weighted by atomic mass is 10.1. The summed E-state index contributed by atoms with van der Waals surface area (Å²) in [6.07, 6.45) is -1.86. The van der Waals surface area contributed by atoms with E-state index in [-0.39, 0.29) is 24.0 Å². The molecule has 0 bridgehead atoms.